The van der Waals surface area contributed by atoms with Gasteiger partial charge in [0.1, 0.15) is 0 Å². The Labute approximate surface area is 102 Å². The van der Waals surface area contributed by atoms with Gasteiger partial charge in [0.25, 0.3) is 0 Å². The number of carbonyl (C=O) groups is 1. The highest BCUT2D eigenvalue weighted by atomic mass is 16.1. The predicted octanol–water partition coefficient (Wildman–Crippen LogP) is 1.88. The zero-order chi connectivity index (χ0) is 11.8. The van der Waals surface area contributed by atoms with Gasteiger partial charge >= 0.3 is 0 Å². The summed E-state index contributed by atoms with van der Waals surface area (Å²) in [6.45, 7) is 3.09. The fourth-order valence-electron chi connectivity index (χ4n) is 2.71. The van der Waals surface area contributed by atoms with Crippen LogP contribution in [0.1, 0.15) is 36.9 Å². The van der Waals surface area contributed by atoms with E-state index < -0.39 is 0 Å². The van der Waals surface area contributed by atoms with Gasteiger partial charge in [-0.15, -0.1) is 0 Å². The minimum Gasteiger partial charge on any atom is -0.355 e. The number of pyridine rings is 1. The van der Waals surface area contributed by atoms with Crippen LogP contribution in [0.15, 0.2) is 18.3 Å². The number of fused-ring (bicyclic) bond motifs is 1. The minimum atomic E-state index is -0.0137. The minimum absolute atomic E-state index is 0.0137. The van der Waals surface area contributed by atoms with E-state index in [1.807, 2.05) is 6.07 Å². The van der Waals surface area contributed by atoms with Gasteiger partial charge in [-0.25, -0.2) is 0 Å². The highest BCUT2D eigenvalue weighted by Crippen LogP contribution is 2.37. The largest absolute Gasteiger partial charge is 0.355 e. The molecule has 0 aromatic carbocycles. The molecule has 1 heterocycles. The van der Waals surface area contributed by atoms with E-state index in [-0.39, 0.29) is 11.8 Å². The summed E-state index contributed by atoms with van der Waals surface area (Å²) in [5.41, 5.74) is 2.24. The second-order valence-electron chi connectivity index (χ2n) is 5.36. The Kier molecular flexibility index (Phi) is 2.61. The van der Waals surface area contributed by atoms with E-state index in [1.165, 1.54) is 12.0 Å². The molecule has 1 aromatic rings. The summed E-state index contributed by atoms with van der Waals surface area (Å²) in [5.74, 6) is 1.66. The maximum atomic E-state index is 12.1. The van der Waals surface area contributed by atoms with Crippen LogP contribution in [0, 0.1) is 11.8 Å². The maximum absolute atomic E-state index is 12.1. The monoisotopic (exact) mass is 230 g/mol. The van der Waals surface area contributed by atoms with E-state index in [1.54, 1.807) is 6.20 Å². The fourth-order valence-corrected chi connectivity index (χ4v) is 2.71. The number of aryl methyl sites for hydroxylation is 1. The molecule has 2 aliphatic rings. The van der Waals surface area contributed by atoms with E-state index in [4.69, 9.17) is 0 Å². The first kappa shape index (κ1) is 10.8. The molecule has 1 N–H and O–H groups in total. The quantitative estimate of drug-likeness (QED) is 0.861. The van der Waals surface area contributed by atoms with E-state index in [0.29, 0.717) is 5.92 Å². The molecule has 0 radical (unpaired) electrons. The Bertz CT molecular complexity index is 444. The molecule has 3 heteroatoms. The Morgan fingerprint density at radius 1 is 1.59 bits per heavy atom. The van der Waals surface area contributed by atoms with Gasteiger partial charge in [-0.3, -0.25) is 9.78 Å². The summed E-state index contributed by atoms with van der Waals surface area (Å²) in [4.78, 5) is 16.5. The number of aromatic nitrogens is 1. The van der Waals surface area contributed by atoms with Crippen LogP contribution in [0.4, 0.5) is 0 Å². The summed E-state index contributed by atoms with van der Waals surface area (Å²) in [5, 5.41) is 3.08. The molecule has 1 aromatic heterocycles. The van der Waals surface area contributed by atoms with Crippen molar-refractivity contribution in [2.75, 3.05) is 6.54 Å². The number of nitrogens with zero attached hydrogens (tertiary/aromatic N) is 1. The molecule has 1 amide bonds. The van der Waals surface area contributed by atoms with Crippen molar-refractivity contribution in [3.63, 3.8) is 0 Å². The molecule has 0 bridgehead atoms. The molecule has 0 saturated heterocycles. The van der Waals surface area contributed by atoms with Crippen molar-refractivity contribution >= 4 is 5.91 Å². The highest BCUT2D eigenvalue weighted by molar-refractivity contribution is 5.84. The van der Waals surface area contributed by atoms with Gasteiger partial charge in [0.15, 0.2) is 0 Å². The molecule has 3 rings (SSSR count). The Morgan fingerprint density at radius 3 is 3.18 bits per heavy atom. The average Bonchev–Trinajstić information content (AvgIpc) is 2.89. The van der Waals surface area contributed by atoms with Gasteiger partial charge in [0, 0.05) is 12.7 Å². The van der Waals surface area contributed by atoms with Crippen LogP contribution in [-0.2, 0) is 11.2 Å². The average molecular weight is 230 g/mol. The lowest BCUT2D eigenvalue weighted by atomic mass is 10.1. The maximum Gasteiger partial charge on any atom is 0.229 e. The smallest absolute Gasteiger partial charge is 0.229 e. The first-order chi connectivity index (χ1) is 8.25. The molecule has 0 aliphatic heterocycles. The Balaban J connectivity index is 1.63. The molecule has 2 aliphatic carbocycles. The summed E-state index contributed by atoms with van der Waals surface area (Å²) < 4.78 is 0. The zero-order valence-electron chi connectivity index (χ0n) is 10.1. The summed E-state index contributed by atoms with van der Waals surface area (Å²) in [6.07, 6.45) is 4.95. The van der Waals surface area contributed by atoms with Crippen LogP contribution in [0.2, 0.25) is 0 Å². The van der Waals surface area contributed by atoms with Crippen molar-refractivity contribution in [1.82, 2.24) is 10.3 Å². The van der Waals surface area contributed by atoms with Crippen molar-refractivity contribution in [1.29, 1.82) is 0 Å². The zero-order valence-corrected chi connectivity index (χ0v) is 10.1. The van der Waals surface area contributed by atoms with Crippen molar-refractivity contribution < 1.29 is 4.79 Å². The van der Waals surface area contributed by atoms with E-state index in [2.05, 4.69) is 23.3 Å². The van der Waals surface area contributed by atoms with Crippen LogP contribution in [-0.4, -0.2) is 17.4 Å². The number of amides is 1. The van der Waals surface area contributed by atoms with Crippen molar-refractivity contribution in [2.45, 2.75) is 32.1 Å². The van der Waals surface area contributed by atoms with Gasteiger partial charge in [-0.1, -0.05) is 13.0 Å². The molecule has 3 unspecified atom stereocenters. The van der Waals surface area contributed by atoms with Crippen LogP contribution in [0.25, 0.3) is 0 Å². The number of carbonyl (C=O) groups excluding carboxylic acids is 1. The second kappa shape index (κ2) is 4.13. The van der Waals surface area contributed by atoms with Crippen molar-refractivity contribution in [2.24, 2.45) is 11.8 Å². The third-order valence-electron chi connectivity index (χ3n) is 4.09. The molecule has 90 valence electrons. The lowest BCUT2D eigenvalue weighted by molar-refractivity contribution is -0.122. The van der Waals surface area contributed by atoms with Gasteiger partial charge in [-0.2, -0.15) is 0 Å². The molecule has 1 fully saturated rings. The third kappa shape index (κ3) is 2.06. The normalized spacial score (nSPS) is 29.8. The third-order valence-corrected chi connectivity index (χ3v) is 4.09. The van der Waals surface area contributed by atoms with Gasteiger partial charge in [-0.05, 0) is 42.7 Å². The summed E-state index contributed by atoms with van der Waals surface area (Å²) >= 11 is 0. The number of nitrogens with one attached hydrogen (secondary N) is 1. The van der Waals surface area contributed by atoms with Gasteiger partial charge in [0.2, 0.25) is 5.91 Å². The van der Waals surface area contributed by atoms with Crippen molar-refractivity contribution in [3.8, 4) is 0 Å². The molecular weight excluding hydrogens is 212 g/mol. The number of hydrogen-bond acceptors (Lipinski definition) is 2. The Morgan fingerprint density at radius 2 is 2.41 bits per heavy atom. The van der Waals surface area contributed by atoms with Crippen LogP contribution in [0.5, 0.6) is 0 Å². The standard InChI is InChI=1S/C14H18N2O/c1-9-7-11(9)8-16-14(17)12-5-4-10-3-2-6-15-13(10)12/h2-3,6,9,11-12H,4-5,7-8H2,1H3,(H,16,17). The molecule has 3 atom stereocenters. The van der Waals surface area contributed by atoms with Crippen LogP contribution < -0.4 is 5.32 Å². The predicted molar refractivity (Wildman–Crippen MR) is 65.6 cm³/mol. The SMILES string of the molecule is CC1CC1CNC(=O)C1CCc2cccnc21. The molecular formula is C14H18N2O. The van der Waals surface area contributed by atoms with E-state index in [9.17, 15) is 4.79 Å². The summed E-state index contributed by atoms with van der Waals surface area (Å²) in [7, 11) is 0. The molecule has 3 nitrogen and oxygen atoms in total. The lowest BCUT2D eigenvalue weighted by Crippen LogP contribution is -2.30. The molecule has 17 heavy (non-hydrogen) atoms. The van der Waals surface area contributed by atoms with Crippen LogP contribution in [0.3, 0.4) is 0 Å². The highest BCUT2D eigenvalue weighted by Gasteiger charge is 2.34. The van der Waals surface area contributed by atoms with Gasteiger partial charge in [0.05, 0.1) is 11.6 Å². The topological polar surface area (TPSA) is 42.0 Å². The van der Waals surface area contributed by atoms with Crippen molar-refractivity contribution in [3.05, 3.63) is 29.6 Å². The number of rotatable bonds is 3. The summed E-state index contributed by atoms with van der Waals surface area (Å²) in [6, 6.07) is 4.03. The fraction of sp³-hybridized carbons (Fsp3) is 0.571. The van der Waals surface area contributed by atoms with E-state index >= 15 is 0 Å². The second-order valence-corrected chi connectivity index (χ2v) is 5.36. The number of hydrogen-bond donors (Lipinski definition) is 1. The first-order valence-corrected chi connectivity index (χ1v) is 6.47. The van der Waals surface area contributed by atoms with Crippen LogP contribution >= 0.6 is 0 Å². The first-order valence-electron chi connectivity index (χ1n) is 6.47. The molecule has 0 spiro atoms. The van der Waals surface area contributed by atoms with E-state index in [0.717, 1.165) is 31.0 Å². The molecule has 1 saturated carbocycles. The van der Waals surface area contributed by atoms with Gasteiger partial charge < -0.3 is 5.32 Å². The lowest BCUT2D eigenvalue weighted by Gasteiger charge is -2.11. The Hall–Kier alpha value is -1.38.